The quantitative estimate of drug-likeness (QED) is 0.457. The van der Waals surface area contributed by atoms with Gasteiger partial charge >= 0.3 is 0 Å². The molecule has 0 aliphatic heterocycles. The van der Waals surface area contributed by atoms with Crippen molar-refractivity contribution < 1.29 is 4.79 Å². The lowest BCUT2D eigenvalue weighted by atomic mass is 10.1. The zero-order valence-electron chi connectivity index (χ0n) is 16.3. The predicted octanol–water partition coefficient (Wildman–Crippen LogP) is 3.00. The topological polar surface area (TPSA) is 78.4 Å². The largest absolute Gasteiger partial charge is 0.357 e. The first-order valence-corrected chi connectivity index (χ1v) is 10.3. The van der Waals surface area contributed by atoms with E-state index in [2.05, 4.69) is 39.8 Å². The van der Waals surface area contributed by atoms with Crippen LogP contribution in [0.2, 0.25) is 0 Å². The molecule has 1 aromatic heterocycles. The molecule has 0 radical (unpaired) electrons. The van der Waals surface area contributed by atoms with E-state index in [-0.39, 0.29) is 12.5 Å². The van der Waals surface area contributed by atoms with Crippen LogP contribution >= 0.6 is 11.3 Å². The Kier molecular flexibility index (Phi) is 8.77. The number of rotatable bonds is 9. The van der Waals surface area contributed by atoms with Gasteiger partial charge in [-0.25, -0.2) is 9.98 Å². The van der Waals surface area contributed by atoms with Gasteiger partial charge in [-0.1, -0.05) is 26.0 Å². The van der Waals surface area contributed by atoms with Crippen molar-refractivity contribution in [2.75, 3.05) is 25.0 Å². The van der Waals surface area contributed by atoms with Crippen molar-refractivity contribution in [3.05, 3.63) is 45.9 Å². The number of nitrogens with one attached hydrogen (secondary N) is 3. The van der Waals surface area contributed by atoms with E-state index in [1.807, 2.05) is 37.4 Å². The minimum atomic E-state index is -0.132. The molecule has 1 heterocycles. The van der Waals surface area contributed by atoms with Gasteiger partial charge in [0.15, 0.2) is 5.96 Å². The minimum absolute atomic E-state index is 0.0723. The summed E-state index contributed by atoms with van der Waals surface area (Å²) in [5, 5.41) is 10.4. The summed E-state index contributed by atoms with van der Waals surface area (Å²) >= 11 is 1.74. The van der Waals surface area contributed by atoms with Crippen LogP contribution in [0.1, 0.15) is 36.2 Å². The first-order chi connectivity index (χ1) is 13.1. The Morgan fingerprint density at radius 2 is 2.04 bits per heavy atom. The molecule has 1 aromatic carbocycles. The fourth-order valence-corrected chi connectivity index (χ4v) is 3.34. The molecule has 0 spiro atoms. The Bertz CT molecular complexity index is 756. The monoisotopic (exact) mass is 387 g/mol. The zero-order valence-corrected chi connectivity index (χ0v) is 17.2. The van der Waals surface area contributed by atoms with Crippen LogP contribution in [0.15, 0.2) is 35.5 Å². The van der Waals surface area contributed by atoms with E-state index in [0.717, 1.165) is 43.0 Å². The van der Waals surface area contributed by atoms with Crippen LogP contribution in [0.4, 0.5) is 5.69 Å². The van der Waals surface area contributed by atoms with Crippen molar-refractivity contribution in [1.29, 1.82) is 0 Å². The van der Waals surface area contributed by atoms with Gasteiger partial charge in [-0.3, -0.25) is 4.79 Å². The number of thiazole rings is 1. The molecule has 0 atom stereocenters. The molecule has 6 nitrogen and oxygen atoms in total. The Morgan fingerprint density at radius 1 is 1.19 bits per heavy atom. The highest BCUT2D eigenvalue weighted by molar-refractivity contribution is 7.11. The molecule has 27 heavy (non-hydrogen) atoms. The maximum atomic E-state index is 12.2. The van der Waals surface area contributed by atoms with Crippen LogP contribution in [0, 0.1) is 0 Å². The van der Waals surface area contributed by atoms with Gasteiger partial charge in [0.2, 0.25) is 5.91 Å². The van der Waals surface area contributed by atoms with Gasteiger partial charge in [0, 0.05) is 36.3 Å². The summed E-state index contributed by atoms with van der Waals surface area (Å²) in [6, 6.07) is 7.88. The van der Waals surface area contributed by atoms with E-state index in [0.29, 0.717) is 5.96 Å². The maximum absolute atomic E-state index is 12.2. The van der Waals surface area contributed by atoms with Crippen molar-refractivity contribution in [3.8, 4) is 0 Å². The van der Waals surface area contributed by atoms with E-state index in [1.165, 1.54) is 10.4 Å². The molecule has 0 unspecified atom stereocenters. The van der Waals surface area contributed by atoms with Crippen LogP contribution in [-0.4, -0.2) is 36.5 Å². The molecule has 3 N–H and O–H groups in total. The number of aliphatic imine (C=N–C) groups is 1. The molecule has 0 bridgehead atoms. The molecular formula is C20H29N5OS. The third-order valence-corrected chi connectivity index (χ3v) is 5.13. The third kappa shape index (κ3) is 7.38. The second kappa shape index (κ2) is 11.3. The van der Waals surface area contributed by atoms with Gasteiger partial charge in [0.25, 0.3) is 0 Å². The summed E-state index contributed by atoms with van der Waals surface area (Å²) in [6.07, 6.45) is 4.74. The average Bonchev–Trinajstić information content (AvgIpc) is 3.14. The summed E-state index contributed by atoms with van der Waals surface area (Å²) < 4.78 is 0. The van der Waals surface area contributed by atoms with Gasteiger partial charge in [-0.15, -0.1) is 11.3 Å². The van der Waals surface area contributed by atoms with Gasteiger partial charge in [-0.2, -0.15) is 0 Å². The third-order valence-electron chi connectivity index (χ3n) is 3.93. The van der Waals surface area contributed by atoms with Crippen LogP contribution in [-0.2, 0) is 24.1 Å². The van der Waals surface area contributed by atoms with Crippen molar-refractivity contribution in [3.63, 3.8) is 0 Å². The lowest BCUT2D eigenvalue weighted by molar-refractivity contribution is -0.114. The minimum Gasteiger partial charge on any atom is -0.357 e. The second-order valence-electron chi connectivity index (χ2n) is 6.05. The summed E-state index contributed by atoms with van der Waals surface area (Å²) in [5.74, 6) is 0.509. The highest BCUT2D eigenvalue weighted by Crippen LogP contribution is 2.13. The molecule has 2 rings (SSSR count). The highest BCUT2D eigenvalue weighted by atomic mass is 32.1. The number of anilines is 1. The van der Waals surface area contributed by atoms with Crippen LogP contribution < -0.4 is 16.0 Å². The van der Waals surface area contributed by atoms with Gasteiger partial charge in [-0.05, 0) is 37.5 Å². The number of carbonyl (C=O) groups is 1. The lowest BCUT2D eigenvalue weighted by Gasteiger charge is -2.11. The second-order valence-corrected chi connectivity index (χ2v) is 7.25. The maximum Gasteiger partial charge on any atom is 0.246 e. The number of aromatic nitrogens is 1. The van der Waals surface area contributed by atoms with Crippen molar-refractivity contribution >= 4 is 28.9 Å². The van der Waals surface area contributed by atoms with E-state index in [1.54, 1.807) is 11.3 Å². The Morgan fingerprint density at radius 3 is 2.74 bits per heavy atom. The molecule has 0 saturated carbocycles. The Balaban J connectivity index is 1.83. The lowest BCUT2D eigenvalue weighted by Crippen LogP contribution is -2.39. The summed E-state index contributed by atoms with van der Waals surface area (Å²) in [7, 11) is 0. The van der Waals surface area contributed by atoms with Crippen molar-refractivity contribution in [2.24, 2.45) is 4.99 Å². The molecule has 146 valence electrons. The molecule has 7 heteroatoms. The van der Waals surface area contributed by atoms with Gasteiger partial charge in [0.05, 0.1) is 5.01 Å². The first-order valence-electron chi connectivity index (χ1n) is 9.49. The van der Waals surface area contributed by atoms with Crippen molar-refractivity contribution in [2.45, 2.75) is 40.0 Å². The number of benzene rings is 1. The molecule has 1 amide bonds. The summed E-state index contributed by atoms with van der Waals surface area (Å²) in [4.78, 5) is 22.3. The van der Waals surface area contributed by atoms with E-state index < -0.39 is 0 Å². The fourth-order valence-electron chi connectivity index (χ4n) is 2.48. The number of carbonyl (C=O) groups excluding carboxylic acids is 1. The molecule has 0 fully saturated rings. The average molecular weight is 388 g/mol. The number of hydrogen-bond acceptors (Lipinski definition) is 4. The van der Waals surface area contributed by atoms with E-state index in [4.69, 9.17) is 0 Å². The van der Waals surface area contributed by atoms with Crippen molar-refractivity contribution in [1.82, 2.24) is 15.6 Å². The number of hydrogen-bond donors (Lipinski definition) is 3. The standard InChI is InChI=1S/C20H29N5OS/c1-4-15-8-7-9-16(12-15)25-18(26)14-24-20(21-6-3)22-11-10-19-23-13-17(5-2)27-19/h7-9,12-13H,4-6,10-11,14H2,1-3H3,(H,25,26)(H2,21,22,24). The SMILES string of the molecule is CCNC(=NCC(=O)Nc1cccc(CC)c1)NCCc1ncc(CC)s1. The predicted molar refractivity (Wildman–Crippen MR) is 114 cm³/mol. The Labute approximate surface area is 165 Å². The van der Waals surface area contributed by atoms with E-state index >= 15 is 0 Å². The molecule has 0 aliphatic rings. The molecule has 0 saturated heterocycles. The van der Waals surface area contributed by atoms with Crippen LogP contribution in [0.3, 0.4) is 0 Å². The molecule has 2 aromatic rings. The summed E-state index contributed by atoms with van der Waals surface area (Å²) in [6.45, 7) is 7.76. The smallest absolute Gasteiger partial charge is 0.246 e. The number of guanidine groups is 1. The highest BCUT2D eigenvalue weighted by Gasteiger charge is 2.05. The number of aryl methyl sites for hydroxylation is 2. The first kappa shape index (κ1) is 20.9. The molecule has 0 aliphatic carbocycles. The van der Waals surface area contributed by atoms with Crippen LogP contribution in [0.25, 0.3) is 0 Å². The zero-order chi connectivity index (χ0) is 19.5. The Hall–Kier alpha value is -2.41. The van der Waals surface area contributed by atoms with Gasteiger partial charge < -0.3 is 16.0 Å². The normalized spacial score (nSPS) is 11.3. The number of amides is 1. The van der Waals surface area contributed by atoms with Gasteiger partial charge in [0.1, 0.15) is 6.54 Å². The summed E-state index contributed by atoms with van der Waals surface area (Å²) in [5.41, 5.74) is 2.00. The fraction of sp³-hybridized carbons (Fsp3) is 0.450. The van der Waals surface area contributed by atoms with Crippen LogP contribution in [0.5, 0.6) is 0 Å². The van der Waals surface area contributed by atoms with E-state index in [9.17, 15) is 4.79 Å². The number of nitrogens with zero attached hydrogens (tertiary/aromatic N) is 2. The molecular weight excluding hydrogens is 358 g/mol.